The number of hydrogen-bond donors (Lipinski definition) is 2. The SMILES string of the molecule is NC(=O)C(OC(=O)c1ccc(Cl)c(Cl)c1)C(=O)Nc1ccc(Cl)c(Cl)c1. The van der Waals surface area contributed by atoms with Crippen LogP contribution in [-0.2, 0) is 14.3 Å². The number of primary amides is 1. The van der Waals surface area contributed by atoms with Gasteiger partial charge in [0.25, 0.3) is 17.9 Å². The zero-order chi connectivity index (χ0) is 19.4. The summed E-state index contributed by atoms with van der Waals surface area (Å²) in [5, 5.41) is 3.17. The van der Waals surface area contributed by atoms with Gasteiger partial charge in [-0.1, -0.05) is 46.4 Å². The van der Waals surface area contributed by atoms with Crippen molar-refractivity contribution in [3.63, 3.8) is 0 Å². The first kappa shape index (κ1) is 20.3. The number of hydrogen-bond acceptors (Lipinski definition) is 4. The van der Waals surface area contributed by atoms with Crippen molar-refractivity contribution in [2.24, 2.45) is 5.73 Å². The Labute approximate surface area is 168 Å². The summed E-state index contributed by atoms with van der Waals surface area (Å²) in [4.78, 5) is 35.9. The number of rotatable bonds is 5. The summed E-state index contributed by atoms with van der Waals surface area (Å²) in [6.45, 7) is 0. The van der Waals surface area contributed by atoms with E-state index in [0.29, 0.717) is 0 Å². The Morgan fingerprint density at radius 3 is 2.00 bits per heavy atom. The monoisotopic (exact) mass is 434 g/mol. The molecule has 0 aliphatic rings. The molecule has 1 atom stereocenters. The summed E-state index contributed by atoms with van der Waals surface area (Å²) in [7, 11) is 0. The normalized spacial score (nSPS) is 11.5. The van der Waals surface area contributed by atoms with E-state index in [-0.39, 0.29) is 31.3 Å². The second kappa shape index (κ2) is 8.60. The van der Waals surface area contributed by atoms with Gasteiger partial charge in [-0.2, -0.15) is 0 Å². The molecule has 136 valence electrons. The number of esters is 1. The molecule has 0 spiro atoms. The van der Waals surface area contributed by atoms with E-state index in [0.717, 1.165) is 0 Å². The van der Waals surface area contributed by atoms with E-state index in [4.69, 9.17) is 56.9 Å². The third-order valence-electron chi connectivity index (χ3n) is 3.06. The molecule has 2 aromatic carbocycles. The van der Waals surface area contributed by atoms with Gasteiger partial charge in [0.15, 0.2) is 0 Å². The highest BCUT2D eigenvalue weighted by Gasteiger charge is 2.29. The quantitative estimate of drug-likeness (QED) is 0.548. The molecule has 0 aliphatic carbocycles. The van der Waals surface area contributed by atoms with E-state index in [9.17, 15) is 14.4 Å². The molecule has 0 fully saturated rings. The average molecular weight is 436 g/mol. The van der Waals surface area contributed by atoms with Gasteiger partial charge in [-0.3, -0.25) is 9.59 Å². The number of carbonyl (C=O) groups is 3. The first-order chi connectivity index (χ1) is 12.2. The molecule has 1 unspecified atom stereocenters. The molecule has 0 aromatic heterocycles. The van der Waals surface area contributed by atoms with Crippen molar-refractivity contribution in [2.75, 3.05) is 5.32 Å². The molecular weight excluding hydrogens is 426 g/mol. The molecule has 2 amide bonds. The predicted octanol–water partition coefficient (Wildman–Crippen LogP) is 3.95. The molecule has 0 bridgehead atoms. The summed E-state index contributed by atoms with van der Waals surface area (Å²) in [6.07, 6.45) is -1.87. The van der Waals surface area contributed by atoms with E-state index >= 15 is 0 Å². The first-order valence-corrected chi connectivity index (χ1v) is 8.41. The molecule has 0 heterocycles. The molecule has 6 nitrogen and oxygen atoms in total. The zero-order valence-corrected chi connectivity index (χ0v) is 15.8. The molecular formula is C16H10Cl4N2O4. The van der Waals surface area contributed by atoms with Gasteiger partial charge in [-0.05, 0) is 36.4 Å². The van der Waals surface area contributed by atoms with Gasteiger partial charge < -0.3 is 15.8 Å². The number of halogens is 4. The van der Waals surface area contributed by atoms with Crippen LogP contribution >= 0.6 is 46.4 Å². The molecule has 3 N–H and O–H groups in total. The lowest BCUT2D eigenvalue weighted by atomic mass is 10.2. The third-order valence-corrected chi connectivity index (χ3v) is 4.54. The fourth-order valence-corrected chi connectivity index (χ4v) is 2.42. The Kier molecular flexibility index (Phi) is 6.72. The lowest BCUT2D eigenvalue weighted by molar-refractivity contribution is -0.136. The zero-order valence-electron chi connectivity index (χ0n) is 12.8. The van der Waals surface area contributed by atoms with E-state index in [2.05, 4.69) is 5.32 Å². The van der Waals surface area contributed by atoms with Gasteiger partial charge >= 0.3 is 5.97 Å². The van der Waals surface area contributed by atoms with Crippen LogP contribution in [0.4, 0.5) is 5.69 Å². The first-order valence-electron chi connectivity index (χ1n) is 6.90. The number of benzene rings is 2. The number of ether oxygens (including phenoxy) is 1. The van der Waals surface area contributed by atoms with Crippen LogP contribution in [0.1, 0.15) is 10.4 Å². The molecule has 10 heteroatoms. The smallest absolute Gasteiger partial charge is 0.339 e. The van der Waals surface area contributed by atoms with Gasteiger partial charge in [-0.25, -0.2) is 4.79 Å². The standard InChI is InChI=1S/C16H10Cl4N2O4/c17-9-3-1-7(5-11(9)19)16(25)26-13(14(21)23)15(24)22-8-2-4-10(18)12(20)6-8/h1-6,13H,(H2,21,23)(H,22,24). The molecule has 0 saturated carbocycles. The summed E-state index contributed by atoms with van der Waals surface area (Å²) < 4.78 is 4.89. The maximum atomic E-state index is 12.2. The second-order valence-corrected chi connectivity index (χ2v) is 6.56. The van der Waals surface area contributed by atoms with Crippen LogP contribution in [0.5, 0.6) is 0 Å². The fraction of sp³-hybridized carbons (Fsp3) is 0.0625. The van der Waals surface area contributed by atoms with Crippen LogP contribution in [0.3, 0.4) is 0 Å². The molecule has 2 rings (SSSR count). The molecule has 0 saturated heterocycles. The maximum absolute atomic E-state index is 12.2. The van der Waals surface area contributed by atoms with Gasteiger partial charge in [0.2, 0.25) is 0 Å². The highest BCUT2D eigenvalue weighted by molar-refractivity contribution is 6.42. The minimum Gasteiger partial charge on any atom is -0.438 e. The van der Waals surface area contributed by atoms with Crippen LogP contribution in [-0.4, -0.2) is 23.9 Å². The van der Waals surface area contributed by atoms with Gasteiger partial charge in [-0.15, -0.1) is 0 Å². The minimum absolute atomic E-state index is 0.00649. The third kappa shape index (κ3) is 5.02. The average Bonchev–Trinajstić information content (AvgIpc) is 2.57. The van der Waals surface area contributed by atoms with Crippen LogP contribution in [0, 0.1) is 0 Å². The molecule has 0 aliphatic heterocycles. The van der Waals surface area contributed by atoms with Crippen LogP contribution < -0.4 is 11.1 Å². The summed E-state index contributed by atoms with van der Waals surface area (Å²) in [5.74, 6) is -3.09. The van der Waals surface area contributed by atoms with Crippen molar-refractivity contribution in [1.29, 1.82) is 0 Å². The summed E-state index contributed by atoms with van der Waals surface area (Å²) in [5.41, 5.74) is 5.39. The van der Waals surface area contributed by atoms with Crippen molar-refractivity contribution in [2.45, 2.75) is 6.10 Å². The van der Waals surface area contributed by atoms with Crippen molar-refractivity contribution in [3.05, 3.63) is 62.1 Å². The van der Waals surface area contributed by atoms with Crippen molar-refractivity contribution in [3.8, 4) is 0 Å². The second-order valence-electron chi connectivity index (χ2n) is 4.93. The largest absolute Gasteiger partial charge is 0.438 e. The van der Waals surface area contributed by atoms with E-state index in [1.807, 2.05) is 0 Å². The van der Waals surface area contributed by atoms with Gasteiger partial charge in [0, 0.05) is 5.69 Å². The molecule has 0 radical (unpaired) electrons. The number of amides is 2. The Hall–Kier alpha value is -1.99. The van der Waals surface area contributed by atoms with Crippen molar-refractivity contribution >= 4 is 69.9 Å². The van der Waals surface area contributed by atoms with E-state index in [1.54, 1.807) is 0 Å². The topological polar surface area (TPSA) is 98.5 Å². The van der Waals surface area contributed by atoms with E-state index < -0.39 is 23.9 Å². The fourth-order valence-electron chi connectivity index (χ4n) is 1.82. The number of anilines is 1. The van der Waals surface area contributed by atoms with Crippen LogP contribution in [0.2, 0.25) is 20.1 Å². The van der Waals surface area contributed by atoms with Crippen molar-refractivity contribution in [1.82, 2.24) is 0 Å². The number of nitrogens with two attached hydrogens (primary N) is 1. The lowest BCUT2D eigenvalue weighted by Crippen LogP contribution is -2.43. The molecule has 2 aromatic rings. The molecule has 26 heavy (non-hydrogen) atoms. The summed E-state index contributed by atoms with van der Waals surface area (Å²) >= 11 is 23.2. The Morgan fingerprint density at radius 1 is 0.885 bits per heavy atom. The highest BCUT2D eigenvalue weighted by atomic mass is 35.5. The number of carbonyl (C=O) groups excluding carboxylic acids is 3. The maximum Gasteiger partial charge on any atom is 0.339 e. The number of nitrogens with one attached hydrogen (secondary N) is 1. The highest BCUT2D eigenvalue weighted by Crippen LogP contribution is 2.25. The van der Waals surface area contributed by atoms with Crippen molar-refractivity contribution < 1.29 is 19.1 Å². The van der Waals surface area contributed by atoms with Crippen LogP contribution in [0.15, 0.2) is 36.4 Å². The van der Waals surface area contributed by atoms with Gasteiger partial charge in [0.1, 0.15) is 0 Å². The lowest BCUT2D eigenvalue weighted by Gasteiger charge is -2.15. The Balaban J connectivity index is 2.15. The van der Waals surface area contributed by atoms with Crippen LogP contribution in [0.25, 0.3) is 0 Å². The van der Waals surface area contributed by atoms with E-state index in [1.165, 1.54) is 36.4 Å². The summed E-state index contributed by atoms with van der Waals surface area (Å²) in [6, 6.07) is 8.19. The van der Waals surface area contributed by atoms with Gasteiger partial charge in [0.05, 0.1) is 25.7 Å². The minimum atomic E-state index is -1.87. The Morgan fingerprint density at radius 2 is 1.46 bits per heavy atom. The Bertz CT molecular complexity index is 889. The predicted molar refractivity (Wildman–Crippen MR) is 100.0 cm³/mol.